The van der Waals surface area contributed by atoms with Gasteiger partial charge in [-0.25, -0.2) is 0 Å². The van der Waals surface area contributed by atoms with Crippen LogP contribution < -0.4 is 329 Å². The summed E-state index contributed by atoms with van der Waals surface area (Å²) in [5, 5.41) is 0. The summed E-state index contributed by atoms with van der Waals surface area (Å²) in [5.41, 5.74) is 0. The van der Waals surface area contributed by atoms with Gasteiger partial charge in [-0.1, -0.05) is 0 Å². The van der Waals surface area contributed by atoms with E-state index in [1.807, 2.05) is 0 Å². The molecule has 0 aromatic rings. The summed E-state index contributed by atoms with van der Waals surface area (Å²) >= 11 is 0. The minimum absolute atomic E-state index is 0. The number of rotatable bonds is 0. The molecule has 54 heavy (non-hydrogen) atoms. The third kappa shape index (κ3) is 2710. The van der Waals surface area contributed by atoms with Crippen LogP contribution in [0, 0.1) is 0 Å². The third-order valence-corrected chi connectivity index (χ3v) is 0. The maximum Gasteiger partial charge on any atom is 5.00 e. The van der Waals surface area contributed by atoms with Crippen molar-refractivity contribution in [3.8, 4) is 0 Å². The zero-order chi connectivity index (χ0) is 31.5. The van der Waals surface area contributed by atoms with E-state index in [-0.39, 0.29) is 301 Å². The molecular formula is F7Li4Na4O28P7V4. The molecule has 0 unspecified atom stereocenters. The van der Waals surface area contributed by atoms with Gasteiger partial charge in [-0.15, -0.1) is 0 Å². The Morgan fingerprint density at radius 2 is 0.185 bits per heavy atom. The monoisotopic (exact) mass is 1120 g/mol. The van der Waals surface area contributed by atoms with E-state index in [2.05, 4.69) is 0 Å². The Hall–Kier alpha value is 9.01. The Balaban J connectivity index is -0.00000000667. The van der Waals surface area contributed by atoms with Crippen molar-refractivity contribution in [2.24, 2.45) is 0 Å². The van der Waals surface area contributed by atoms with Crippen molar-refractivity contribution >= 4 is 54.8 Å². The van der Waals surface area contributed by atoms with Crippen LogP contribution in [0.4, 0.5) is 0 Å². The van der Waals surface area contributed by atoms with Gasteiger partial charge in [0.2, 0.25) is 0 Å². The van der Waals surface area contributed by atoms with E-state index < -0.39 is 54.8 Å². The van der Waals surface area contributed by atoms with Crippen LogP contribution in [-0.4, -0.2) is 0 Å². The predicted molar refractivity (Wildman–Crippen MR) is 53.2 cm³/mol. The van der Waals surface area contributed by atoms with E-state index in [0.717, 1.165) is 0 Å². The average molecular weight is 1120 g/mol. The van der Waals surface area contributed by atoms with Crippen molar-refractivity contribution in [3.63, 3.8) is 0 Å². The fourth-order valence-electron chi connectivity index (χ4n) is 0. The second kappa shape index (κ2) is 88.7. The molecule has 0 rings (SSSR count). The fraction of sp³-hybridized carbons (Fsp3) is 0. The van der Waals surface area contributed by atoms with Crippen molar-refractivity contribution in [1.82, 2.24) is 0 Å². The van der Waals surface area contributed by atoms with Crippen LogP contribution in [0.3, 0.4) is 0 Å². The van der Waals surface area contributed by atoms with Crippen LogP contribution in [0.1, 0.15) is 0 Å². The average Bonchev–Trinajstić information content (AvgIpc) is 2.06. The molecule has 0 bridgehead atoms. The van der Waals surface area contributed by atoms with Gasteiger partial charge in [0.1, 0.15) is 0 Å². The first-order valence-electron chi connectivity index (χ1n) is 5.11. The fourth-order valence-corrected chi connectivity index (χ4v) is 0. The van der Waals surface area contributed by atoms with Gasteiger partial charge in [-0.3, -0.25) is 0 Å². The standard InChI is InChI=1S/7FH.4Li.4Na.7H3O4P.4V/c;;;;;;;;;;;;;;;7*1-5(2,3)4;;;;/h7*1H;;;;;;;;;7*(H3,1,2,3,4);;;;/q;;;;;;;8*+1;;;;;;;;4*+5/p-28. The number of phosphoric acid groups is 7. The zero-order valence-electron chi connectivity index (χ0n) is 27.0. The van der Waals surface area contributed by atoms with Crippen molar-refractivity contribution < 1.29 is 436 Å². The van der Waals surface area contributed by atoms with Crippen LogP contribution in [-0.2, 0) is 106 Å². The van der Waals surface area contributed by atoms with Crippen LogP contribution >= 0.6 is 54.8 Å². The van der Waals surface area contributed by atoms with Gasteiger partial charge in [0.15, 0.2) is 0 Å². The van der Waals surface area contributed by atoms with E-state index in [1.165, 1.54) is 0 Å². The topological polar surface area (TPSA) is 604 Å². The van der Waals surface area contributed by atoms with Gasteiger partial charge in [0, 0.05) is 0 Å². The molecule has 0 aliphatic rings. The Bertz CT molecular complexity index is 633. The molecule has 0 aromatic carbocycles. The maximum atomic E-state index is 8.55. The van der Waals surface area contributed by atoms with Gasteiger partial charge in [0.05, 0.1) is 0 Å². The smallest absolute Gasteiger partial charge is 1.00 e. The van der Waals surface area contributed by atoms with Crippen molar-refractivity contribution in [2.75, 3.05) is 0 Å². The molecule has 0 spiro atoms. The molecule has 0 radical (unpaired) electrons. The van der Waals surface area contributed by atoms with Crippen LogP contribution in [0.2, 0.25) is 0 Å². The predicted octanol–water partition coefficient (Wildman–Crippen LogP) is -64.7. The molecule has 0 atom stereocenters. The molecule has 280 valence electrons. The van der Waals surface area contributed by atoms with Gasteiger partial charge in [0.25, 0.3) is 0 Å². The molecule has 0 fully saturated rings. The number of halogens is 7. The summed E-state index contributed by atoms with van der Waals surface area (Å²) in [6.07, 6.45) is 0. The van der Waals surface area contributed by atoms with E-state index >= 15 is 0 Å². The molecule has 0 saturated carbocycles. The molecule has 0 aliphatic heterocycles. The first-order valence-corrected chi connectivity index (χ1v) is 15.3. The molecule has 0 amide bonds. The molecule has 28 nitrogen and oxygen atoms in total. The Morgan fingerprint density at radius 3 is 0.185 bits per heavy atom. The SMILES string of the molecule is O=P([O-])([O-])[O-].O=P([O-])([O-])[O-].O=P([O-])([O-])[O-].O=P([O-])([O-])[O-].O=P([O-])([O-])[O-].O=P([O-])([O-])[O-].O=P([O-])([O-])[O-].[F-].[F-].[F-].[F-].[F-].[F-].[F-].[Li+].[Li+].[Li+].[Li+].[Na+].[Na+].[Na+].[Na+].[V+5].[V+5].[V+5].[V+5]. The first kappa shape index (κ1) is 177. The molecule has 0 aromatic heterocycles. The maximum absolute atomic E-state index is 8.55. The Morgan fingerprint density at radius 1 is 0.185 bits per heavy atom. The van der Waals surface area contributed by atoms with Gasteiger partial charge in [-0.2, -0.15) is 54.8 Å². The minimum Gasteiger partial charge on any atom is -1.00 e. The molecule has 0 saturated heterocycles. The zero-order valence-corrected chi connectivity index (χ0v) is 46.8. The summed E-state index contributed by atoms with van der Waals surface area (Å²) in [5.74, 6) is 0. The normalized spacial score (nSPS) is 7.65. The van der Waals surface area contributed by atoms with Gasteiger partial charge < -0.3 is 168 Å². The largest absolute Gasteiger partial charge is 5.00 e. The Kier molecular flexibility index (Phi) is 291. The van der Waals surface area contributed by atoms with Gasteiger partial charge in [-0.05, 0) is 0 Å². The van der Waals surface area contributed by atoms with E-state index in [0.29, 0.717) is 0 Å². The number of hydrogen-bond acceptors (Lipinski definition) is 28. The van der Waals surface area contributed by atoms with Crippen LogP contribution in [0.15, 0.2) is 0 Å². The third-order valence-electron chi connectivity index (χ3n) is 0. The summed E-state index contributed by atoms with van der Waals surface area (Å²) in [7, 11) is -37.7. The summed E-state index contributed by atoms with van der Waals surface area (Å²) < 4.78 is 59.8. The van der Waals surface area contributed by atoms with Crippen LogP contribution in [0.5, 0.6) is 0 Å². The summed E-state index contributed by atoms with van der Waals surface area (Å²) in [6, 6.07) is 0. The van der Waals surface area contributed by atoms with Gasteiger partial charge >= 0.3 is 268 Å². The van der Waals surface area contributed by atoms with E-state index in [1.54, 1.807) is 0 Å². The van der Waals surface area contributed by atoms with Crippen molar-refractivity contribution in [3.05, 3.63) is 0 Å². The van der Waals surface area contributed by atoms with Crippen LogP contribution in [0.25, 0.3) is 0 Å². The summed E-state index contributed by atoms with van der Waals surface area (Å²) in [4.78, 5) is 180. The number of hydrogen-bond donors (Lipinski definition) is 0. The van der Waals surface area contributed by atoms with Crippen molar-refractivity contribution in [1.29, 1.82) is 0 Å². The quantitative estimate of drug-likeness (QED) is 0.123. The van der Waals surface area contributed by atoms with Crippen molar-refractivity contribution in [2.45, 2.75) is 0 Å². The molecule has 0 aliphatic carbocycles. The minimum atomic E-state index is -5.39. The van der Waals surface area contributed by atoms with E-state index in [4.69, 9.17) is 135 Å². The summed E-state index contributed by atoms with van der Waals surface area (Å²) in [6.45, 7) is 0. The Labute approximate surface area is 482 Å². The molecule has 0 heterocycles. The van der Waals surface area contributed by atoms with E-state index in [9.17, 15) is 0 Å². The first-order chi connectivity index (χ1) is 14.0. The molecule has 0 N–H and O–H groups in total. The second-order valence-electron chi connectivity index (χ2n) is 3.13. The second-order valence-corrected chi connectivity index (χ2v) is 9.39. The molecule has 54 heteroatoms. The molecular weight excluding hydrogens is 1120 g/mol.